The number of aliphatic hydroxyl groups excluding tert-OH is 2. The minimum atomic E-state index is -0.685. The first kappa shape index (κ1) is 25.7. The molecule has 0 aliphatic heterocycles. The summed E-state index contributed by atoms with van der Waals surface area (Å²) in [5, 5.41) is 34.3. The summed E-state index contributed by atoms with van der Waals surface area (Å²) in [7, 11) is 0. The van der Waals surface area contributed by atoms with Crippen LogP contribution in [0.5, 0.6) is 0 Å². The molecule has 0 heterocycles. The van der Waals surface area contributed by atoms with Gasteiger partial charge in [-0.1, -0.05) is 46.3 Å². The van der Waals surface area contributed by atoms with Crippen LogP contribution >= 0.6 is 0 Å². The van der Waals surface area contributed by atoms with Crippen LogP contribution < -0.4 is 0 Å². The molecule has 190 valence electrons. The van der Waals surface area contributed by atoms with Crippen molar-refractivity contribution < 1.29 is 15.3 Å². The van der Waals surface area contributed by atoms with Crippen molar-refractivity contribution in [2.45, 2.75) is 131 Å². The molecule has 0 aromatic heterocycles. The minimum absolute atomic E-state index is 0.0627. The minimum Gasteiger partial charge on any atom is -0.393 e. The summed E-state index contributed by atoms with van der Waals surface area (Å²) in [5.74, 6) is 1.35. The quantitative estimate of drug-likeness (QED) is 0.420. The van der Waals surface area contributed by atoms with Gasteiger partial charge < -0.3 is 15.3 Å². The molecule has 0 spiro atoms. The molecule has 4 rings (SSSR count). The highest BCUT2D eigenvalue weighted by Crippen LogP contribution is 2.75. The molecular formula is C30H52O3. The molecule has 3 N–H and O–H groups in total. The number of aliphatic hydroxyl groups is 3. The second kappa shape index (κ2) is 8.07. The molecule has 0 aromatic carbocycles. The molecule has 4 aliphatic carbocycles. The summed E-state index contributed by atoms with van der Waals surface area (Å²) in [6.07, 6.45) is 10.6. The predicted octanol–water partition coefficient (Wildman–Crippen LogP) is 6.50. The average molecular weight is 461 g/mol. The fraction of sp³-hybridized carbons (Fsp3) is 0.933. The van der Waals surface area contributed by atoms with E-state index >= 15 is 0 Å². The van der Waals surface area contributed by atoms with Gasteiger partial charge in [-0.3, -0.25) is 0 Å². The molecule has 3 heteroatoms. The maximum absolute atomic E-state index is 11.9. The van der Waals surface area contributed by atoms with Gasteiger partial charge in [0.1, 0.15) is 0 Å². The molecule has 10 atom stereocenters. The fourth-order valence-electron chi connectivity index (χ4n) is 10.4. The van der Waals surface area contributed by atoms with Gasteiger partial charge in [-0.25, -0.2) is 0 Å². The highest BCUT2D eigenvalue weighted by atomic mass is 16.3. The summed E-state index contributed by atoms with van der Waals surface area (Å²) < 4.78 is 0. The lowest BCUT2D eigenvalue weighted by Gasteiger charge is -2.70. The lowest BCUT2D eigenvalue weighted by Crippen LogP contribution is -2.67. The Bertz CT molecular complexity index is 779. The normalized spacial score (nSPS) is 50.5. The van der Waals surface area contributed by atoms with Crippen LogP contribution in [0.4, 0.5) is 0 Å². The summed E-state index contributed by atoms with van der Waals surface area (Å²) >= 11 is 0. The number of rotatable bonds is 4. The molecule has 3 nitrogen and oxygen atoms in total. The van der Waals surface area contributed by atoms with Gasteiger partial charge in [0, 0.05) is 0 Å². The van der Waals surface area contributed by atoms with Gasteiger partial charge >= 0.3 is 0 Å². The van der Waals surface area contributed by atoms with E-state index in [2.05, 4.69) is 61.5 Å². The number of hydrogen-bond donors (Lipinski definition) is 3. The van der Waals surface area contributed by atoms with Crippen molar-refractivity contribution in [3.63, 3.8) is 0 Å². The van der Waals surface area contributed by atoms with Crippen molar-refractivity contribution >= 4 is 0 Å². The standard InChI is InChI=1S/C30H52O3/c1-19(2)10-9-14-30(8,33)20-11-16-28(6)21(20)18-22(31)25-27(5)15-13-24(32)26(3,4)23(27)12-17-29(25,28)7/h10,20-25,31-33H,9,11-18H2,1-8H3/t20-,21?,22+,23?,24-,25?,27-,28+,29+,30?/m0/s1. The molecular weight excluding hydrogens is 408 g/mol. The van der Waals surface area contributed by atoms with E-state index in [4.69, 9.17) is 0 Å². The van der Waals surface area contributed by atoms with Crippen molar-refractivity contribution in [3.05, 3.63) is 11.6 Å². The number of fused-ring (bicyclic) bond motifs is 5. The van der Waals surface area contributed by atoms with E-state index in [1.807, 2.05) is 0 Å². The van der Waals surface area contributed by atoms with E-state index in [1.54, 1.807) is 0 Å². The smallest absolute Gasteiger partial charge is 0.0653 e. The van der Waals surface area contributed by atoms with Gasteiger partial charge in [0.05, 0.1) is 17.8 Å². The third-order valence-electron chi connectivity index (χ3n) is 12.3. The Hall–Kier alpha value is -0.380. The molecule has 0 saturated heterocycles. The van der Waals surface area contributed by atoms with Crippen molar-refractivity contribution in [1.29, 1.82) is 0 Å². The lowest BCUT2D eigenvalue weighted by molar-refractivity contribution is -0.256. The van der Waals surface area contributed by atoms with Crippen molar-refractivity contribution in [2.24, 2.45) is 45.3 Å². The van der Waals surface area contributed by atoms with Gasteiger partial charge in [0.15, 0.2) is 0 Å². The third kappa shape index (κ3) is 3.61. The number of allylic oxidation sites excluding steroid dienone is 2. The highest BCUT2D eigenvalue weighted by molar-refractivity contribution is 5.20. The average Bonchev–Trinajstić information content (AvgIpc) is 3.03. The van der Waals surface area contributed by atoms with E-state index in [0.717, 1.165) is 57.8 Å². The highest BCUT2D eigenvalue weighted by Gasteiger charge is 2.71. The van der Waals surface area contributed by atoms with Crippen LogP contribution in [-0.2, 0) is 0 Å². The van der Waals surface area contributed by atoms with Crippen LogP contribution in [0.2, 0.25) is 0 Å². The van der Waals surface area contributed by atoms with Crippen molar-refractivity contribution in [1.82, 2.24) is 0 Å². The predicted molar refractivity (Wildman–Crippen MR) is 136 cm³/mol. The summed E-state index contributed by atoms with van der Waals surface area (Å²) in [6, 6.07) is 0. The Kier molecular flexibility index (Phi) is 6.28. The van der Waals surface area contributed by atoms with Crippen LogP contribution in [0.3, 0.4) is 0 Å². The molecule has 4 saturated carbocycles. The van der Waals surface area contributed by atoms with Gasteiger partial charge in [-0.15, -0.1) is 0 Å². The fourth-order valence-corrected chi connectivity index (χ4v) is 10.4. The Morgan fingerprint density at radius 3 is 2.21 bits per heavy atom. The largest absolute Gasteiger partial charge is 0.393 e. The molecule has 0 radical (unpaired) electrons. The summed E-state index contributed by atoms with van der Waals surface area (Å²) in [4.78, 5) is 0. The molecule has 0 amide bonds. The first-order valence-corrected chi connectivity index (χ1v) is 13.8. The van der Waals surface area contributed by atoms with Crippen molar-refractivity contribution in [2.75, 3.05) is 0 Å². The van der Waals surface area contributed by atoms with Crippen LogP contribution in [0.25, 0.3) is 0 Å². The zero-order valence-corrected chi connectivity index (χ0v) is 22.7. The topological polar surface area (TPSA) is 60.7 Å². The molecule has 33 heavy (non-hydrogen) atoms. The Balaban J connectivity index is 1.66. The van der Waals surface area contributed by atoms with Crippen LogP contribution in [0.15, 0.2) is 11.6 Å². The SMILES string of the molecule is CC(C)=CCCC(C)(O)[C@H]1CC[C@]2(C)C1C[C@@H](O)C1[C@@]3(C)CC[C@H](O)C(C)(C)C3CC[C@]12C. The molecule has 4 fully saturated rings. The summed E-state index contributed by atoms with van der Waals surface area (Å²) in [5.41, 5.74) is 0.817. The van der Waals surface area contributed by atoms with Crippen LogP contribution in [0.1, 0.15) is 113 Å². The third-order valence-corrected chi connectivity index (χ3v) is 12.3. The Morgan fingerprint density at radius 1 is 0.939 bits per heavy atom. The van der Waals surface area contributed by atoms with Gasteiger partial charge in [0.25, 0.3) is 0 Å². The molecule has 0 bridgehead atoms. The van der Waals surface area contributed by atoms with E-state index in [9.17, 15) is 15.3 Å². The molecule has 4 unspecified atom stereocenters. The zero-order valence-electron chi connectivity index (χ0n) is 22.7. The molecule has 4 aliphatic rings. The second-order valence-electron chi connectivity index (χ2n) is 14.5. The second-order valence-corrected chi connectivity index (χ2v) is 14.5. The lowest BCUT2D eigenvalue weighted by atomic mass is 9.35. The van der Waals surface area contributed by atoms with Crippen molar-refractivity contribution in [3.8, 4) is 0 Å². The van der Waals surface area contributed by atoms with E-state index in [1.165, 1.54) is 5.57 Å². The van der Waals surface area contributed by atoms with Gasteiger partial charge in [0.2, 0.25) is 0 Å². The Labute approximate surface area is 203 Å². The monoisotopic (exact) mass is 460 g/mol. The van der Waals surface area contributed by atoms with Crippen LogP contribution in [0, 0.1) is 45.3 Å². The van der Waals surface area contributed by atoms with Gasteiger partial charge in [-0.05, 0) is 124 Å². The van der Waals surface area contributed by atoms with E-state index in [-0.39, 0.29) is 45.7 Å². The van der Waals surface area contributed by atoms with Crippen LogP contribution in [-0.4, -0.2) is 33.1 Å². The van der Waals surface area contributed by atoms with Gasteiger partial charge in [-0.2, -0.15) is 0 Å². The maximum atomic E-state index is 11.9. The molecule has 0 aromatic rings. The Morgan fingerprint density at radius 2 is 1.58 bits per heavy atom. The number of hydrogen-bond acceptors (Lipinski definition) is 3. The zero-order chi connectivity index (χ0) is 24.6. The maximum Gasteiger partial charge on any atom is 0.0653 e. The van der Waals surface area contributed by atoms with E-state index in [0.29, 0.717) is 11.8 Å². The first-order valence-electron chi connectivity index (χ1n) is 13.8. The first-order chi connectivity index (χ1) is 15.1. The van der Waals surface area contributed by atoms with E-state index < -0.39 is 5.60 Å². The summed E-state index contributed by atoms with van der Waals surface area (Å²) in [6.45, 7) is 18.3.